The highest BCUT2D eigenvalue weighted by atomic mass is 14.6. The number of anilines is 1. The minimum Gasteiger partial charge on any atom is -0.398 e. The summed E-state index contributed by atoms with van der Waals surface area (Å²) in [5.41, 5.74) is 9.43. The van der Waals surface area contributed by atoms with E-state index in [1.54, 1.807) is 0 Å². The number of hydrogen-bond acceptors (Lipinski definition) is 1. The van der Waals surface area contributed by atoms with E-state index in [1.165, 1.54) is 27.1 Å². The summed E-state index contributed by atoms with van der Waals surface area (Å²) in [7, 11) is 0. The molecule has 4 aromatic rings. The second-order valence-electron chi connectivity index (χ2n) is 5.31. The minimum atomic E-state index is 0.824. The predicted molar refractivity (Wildman–Crippen MR) is 91.3 cm³/mol. The van der Waals surface area contributed by atoms with Crippen molar-refractivity contribution in [3.8, 4) is 11.1 Å². The van der Waals surface area contributed by atoms with E-state index in [4.69, 9.17) is 5.73 Å². The van der Waals surface area contributed by atoms with Gasteiger partial charge in [-0.15, -0.1) is 0 Å². The molecule has 21 heavy (non-hydrogen) atoms. The SMILES string of the molecule is Nc1cc2ccccc2cc1-c1cccc2ccccc12. The summed E-state index contributed by atoms with van der Waals surface area (Å²) >= 11 is 0. The van der Waals surface area contributed by atoms with E-state index in [9.17, 15) is 0 Å². The standard InChI is InChI=1S/C20H15N/c21-20-13-16-8-2-1-7-15(16)12-19(20)18-11-5-9-14-6-3-4-10-17(14)18/h1-13H,21H2. The Morgan fingerprint density at radius 1 is 0.524 bits per heavy atom. The Balaban J connectivity index is 2.06. The summed E-state index contributed by atoms with van der Waals surface area (Å²) in [5.74, 6) is 0. The first-order chi connectivity index (χ1) is 10.3. The van der Waals surface area contributed by atoms with Gasteiger partial charge in [0.15, 0.2) is 0 Å². The molecule has 0 fully saturated rings. The van der Waals surface area contributed by atoms with Crippen LogP contribution in [0.15, 0.2) is 78.9 Å². The smallest absolute Gasteiger partial charge is 0.0400 e. The molecular formula is C20H15N. The minimum absolute atomic E-state index is 0.824. The molecule has 0 saturated carbocycles. The molecule has 2 N–H and O–H groups in total. The van der Waals surface area contributed by atoms with Crippen LogP contribution in [0.1, 0.15) is 0 Å². The monoisotopic (exact) mass is 269 g/mol. The van der Waals surface area contributed by atoms with Gasteiger partial charge in [0.05, 0.1) is 0 Å². The largest absolute Gasteiger partial charge is 0.398 e. The van der Waals surface area contributed by atoms with Crippen LogP contribution in [0, 0.1) is 0 Å². The van der Waals surface area contributed by atoms with Crippen molar-refractivity contribution in [1.29, 1.82) is 0 Å². The van der Waals surface area contributed by atoms with Crippen molar-refractivity contribution in [2.45, 2.75) is 0 Å². The molecule has 1 nitrogen and oxygen atoms in total. The molecule has 0 bridgehead atoms. The maximum Gasteiger partial charge on any atom is 0.0400 e. The normalized spacial score (nSPS) is 11.0. The van der Waals surface area contributed by atoms with Crippen molar-refractivity contribution >= 4 is 27.2 Å². The van der Waals surface area contributed by atoms with Crippen molar-refractivity contribution in [1.82, 2.24) is 0 Å². The van der Waals surface area contributed by atoms with Gasteiger partial charge in [-0.1, -0.05) is 66.7 Å². The summed E-state index contributed by atoms with van der Waals surface area (Å²) in [5, 5.41) is 4.87. The zero-order valence-electron chi connectivity index (χ0n) is 11.6. The van der Waals surface area contributed by atoms with Gasteiger partial charge in [0.2, 0.25) is 0 Å². The summed E-state index contributed by atoms with van der Waals surface area (Å²) in [4.78, 5) is 0. The Labute approximate surface area is 123 Å². The van der Waals surface area contributed by atoms with E-state index in [2.05, 4.69) is 72.8 Å². The topological polar surface area (TPSA) is 26.0 Å². The molecule has 0 radical (unpaired) electrons. The van der Waals surface area contributed by atoms with Crippen LogP contribution in [-0.2, 0) is 0 Å². The van der Waals surface area contributed by atoms with Crippen LogP contribution in [0.3, 0.4) is 0 Å². The quantitative estimate of drug-likeness (QED) is 0.470. The molecule has 0 aromatic heterocycles. The summed E-state index contributed by atoms with van der Waals surface area (Å²) < 4.78 is 0. The zero-order valence-corrected chi connectivity index (χ0v) is 11.6. The number of nitrogen functional groups attached to an aromatic ring is 1. The summed E-state index contributed by atoms with van der Waals surface area (Å²) in [6.07, 6.45) is 0. The molecule has 0 aliphatic carbocycles. The number of hydrogen-bond donors (Lipinski definition) is 1. The van der Waals surface area contributed by atoms with Gasteiger partial charge in [-0.05, 0) is 39.2 Å². The van der Waals surface area contributed by atoms with Crippen LogP contribution in [0.25, 0.3) is 32.7 Å². The van der Waals surface area contributed by atoms with E-state index >= 15 is 0 Å². The number of benzene rings is 4. The van der Waals surface area contributed by atoms with Crippen LogP contribution >= 0.6 is 0 Å². The van der Waals surface area contributed by atoms with Crippen molar-refractivity contribution in [2.75, 3.05) is 5.73 Å². The van der Waals surface area contributed by atoms with Gasteiger partial charge >= 0.3 is 0 Å². The highest BCUT2D eigenvalue weighted by Gasteiger charge is 2.08. The first kappa shape index (κ1) is 12.0. The molecular weight excluding hydrogens is 254 g/mol. The molecule has 100 valence electrons. The highest BCUT2D eigenvalue weighted by molar-refractivity contribution is 6.02. The van der Waals surface area contributed by atoms with Crippen LogP contribution in [-0.4, -0.2) is 0 Å². The van der Waals surface area contributed by atoms with E-state index in [-0.39, 0.29) is 0 Å². The Morgan fingerprint density at radius 3 is 1.95 bits per heavy atom. The second kappa shape index (κ2) is 4.64. The van der Waals surface area contributed by atoms with Gasteiger partial charge in [0, 0.05) is 11.3 Å². The number of fused-ring (bicyclic) bond motifs is 2. The highest BCUT2D eigenvalue weighted by Crippen LogP contribution is 2.34. The molecule has 0 unspecified atom stereocenters. The van der Waals surface area contributed by atoms with Gasteiger partial charge in [0.25, 0.3) is 0 Å². The van der Waals surface area contributed by atoms with Crippen molar-refractivity contribution in [2.24, 2.45) is 0 Å². The molecule has 0 amide bonds. The third kappa shape index (κ3) is 1.95. The molecule has 0 heterocycles. The van der Waals surface area contributed by atoms with Crippen molar-refractivity contribution in [3.05, 3.63) is 78.9 Å². The fraction of sp³-hybridized carbons (Fsp3) is 0. The Morgan fingerprint density at radius 2 is 1.14 bits per heavy atom. The van der Waals surface area contributed by atoms with E-state index in [0.717, 1.165) is 11.3 Å². The van der Waals surface area contributed by atoms with Gasteiger partial charge in [0.1, 0.15) is 0 Å². The Bertz CT molecular complexity index is 949. The molecule has 4 rings (SSSR count). The molecule has 0 spiro atoms. The number of rotatable bonds is 1. The third-order valence-corrected chi connectivity index (χ3v) is 4.00. The van der Waals surface area contributed by atoms with Crippen LogP contribution in [0.2, 0.25) is 0 Å². The van der Waals surface area contributed by atoms with E-state index < -0.39 is 0 Å². The first-order valence-corrected chi connectivity index (χ1v) is 7.09. The van der Waals surface area contributed by atoms with Crippen molar-refractivity contribution in [3.63, 3.8) is 0 Å². The first-order valence-electron chi connectivity index (χ1n) is 7.09. The summed E-state index contributed by atoms with van der Waals surface area (Å²) in [6, 6.07) is 27.4. The van der Waals surface area contributed by atoms with Crippen LogP contribution < -0.4 is 5.73 Å². The molecule has 0 saturated heterocycles. The molecule has 0 aliphatic heterocycles. The van der Waals surface area contributed by atoms with Gasteiger partial charge in [-0.3, -0.25) is 0 Å². The fourth-order valence-corrected chi connectivity index (χ4v) is 2.95. The second-order valence-corrected chi connectivity index (χ2v) is 5.31. The Hall–Kier alpha value is -2.80. The van der Waals surface area contributed by atoms with E-state index in [0.29, 0.717) is 0 Å². The van der Waals surface area contributed by atoms with Crippen LogP contribution in [0.4, 0.5) is 5.69 Å². The molecule has 4 aromatic carbocycles. The van der Waals surface area contributed by atoms with Crippen LogP contribution in [0.5, 0.6) is 0 Å². The van der Waals surface area contributed by atoms with Gasteiger partial charge in [-0.25, -0.2) is 0 Å². The number of nitrogens with two attached hydrogens (primary N) is 1. The molecule has 0 aliphatic rings. The average Bonchev–Trinajstić information content (AvgIpc) is 2.54. The average molecular weight is 269 g/mol. The lowest BCUT2D eigenvalue weighted by atomic mass is 9.95. The lowest BCUT2D eigenvalue weighted by Gasteiger charge is -2.11. The lowest BCUT2D eigenvalue weighted by Crippen LogP contribution is -1.91. The maximum atomic E-state index is 6.31. The third-order valence-electron chi connectivity index (χ3n) is 4.00. The Kier molecular flexibility index (Phi) is 2.65. The predicted octanol–water partition coefficient (Wildman–Crippen LogP) is 5.24. The summed E-state index contributed by atoms with van der Waals surface area (Å²) in [6.45, 7) is 0. The van der Waals surface area contributed by atoms with Gasteiger partial charge < -0.3 is 5.73 Å². The van der Waals surface area contributed by atoms with E-state index in [1.807, 2.05) is 6.07 Å². The molecule has 1 heteroatoms. The maximum absolute atomic E-state index is 6.31. The van der Waals surface area contributed by atoms with Crippen molar-refractivity contribution < 1.29 is 0 Å². The fourth-order valence-electron chi connectivity index (χ4n) is 2.95. The molecule has 0 atom stereocenters. The van der Waals surface area contributed by atoms with Gasteiger partial charge in [-0.2, -0.15) is 0 Å². The zero-order chi connectivity index (χ0) is 14.2. The lowest BCUT2D eigenvalue weighted by molar-refractivity contribution is 1.66.